The fourth-order valence-corrected chi connectivity index (χ4v) is 5.45. The Morgan fingerprint density at radius 1 is 0.931 bits per heavy atom. The maximum atomic E-state index is 13.3. The average molecular weight is 415 g/mol. The number of para-hydroxylation sites is 3. The van der Waals surface area contributed by atoms with Crippen molar-refractivity contribution in [3.05, 3.63) is 84.4 Å². The van der Waals surface area contributed by atoms with Gasteiger partial charge in [0.15, 0.2) is 0 Å². The van der Waals surface area contributed by atoms with Crippen molar-refractivity contribution >= 4 is 51.7 Å². The van der Waals surface area contributed by atoms with Crippen molar-refractivity contribution in [2.24, 2.45) is 0 Å². The quantitative estimate of drug-likeness (QED) is 0.360. The Hall–Kier alpha value is -2.76. The lowest BCUT2D eigenvalue weighted by Crippen LogP contribution is -2.30. The minimum Gasteiger partial charge on any atom is -0.278 e. The molecule has 1 aliphatic heterocycles. The number of carbonyl (C=O) groups excluding carboxylic acids is 1. The van der Waals surface area contributed by atoms with Crippen LogP contribution in [0.3, 0.4) is 0 Å². The van der Waals surface area contributed by atoms with Crippen LogP contribution in [0.5, 0.6) is 0 Å². The van der Waals surface area contributed by atoms with Gasteiger partial charge in [-0.25, -0.2) is 4.98 Å². The fourth-order valence-electron chi connectivity index (χ4n) is 3.57. The van der Waals surface area contributed by atoms with E-state index in [0.29, 0.717) is 5.75 Å². The largest absolute Gasteiger partial charge is 0.278 e. The molecule has 0 spiro atoms. The molecular weight excluding hydrogens is 396 g/mol. The van der Waals surface area contributed by atoms with E-state index in [-0.39, 0.29) is 5.91 Å². The van der Waals surface area contributed by atoms with Crippen LogP contribution >= 0.6 is 23.5 Å². The second-order valence-corrected chi connectivity index (χ2v) is 8.93. The minimum atomic E-state index is 0.0582. The predicted molar refractivity (Wildman–Crippen MR) is 121 cm³/mol. The molecule has 0 saturated carbocycles. The van der Waals surface area contributed by atoms with Gasteiger partial charge in [-0.1, -0.05) is 66.0 Å². The normalized spacial score (nSPS) is 12.5. The van der Waals surface area contributed by atoms with E-state index < -0.39 is 0 Å². The summed E-state index contributed by atoms with van der Waals surface area (Å²) in [5, 5.41) is 2.03. The molecule has 0 radical (unpaired) electrons. The van der Waals surface area contributed by atoms with Crippen molar-refractivity contribution < 1.29 is 4.79 Å². The van der Waals surface area contributed by atoms with Crippen molar-refractivity contribution in [2.45, 2.75) is 21.7 Å². The van der Waals surface area contributed by atoms with Crippen molar-refractivity contribution in [1.82, 2.24) is 4.98 Å². The van der Waals surface area contributed by atoms with Gasteiger partial charge in [-0.15, -0.1) is 0 Å². The van der Waals surface area contributed by atoms with Crippen molar-refractivity contribution in [3.8, 4) is 0 Å². The number of hydrogen-bond donors (Lipinski definition) is 0. The average Bonchev–Trinajstić information content (AvgIpc) is 2.76. The van der Waals surface area contributed by atoms with Crippen LogP contribution in [0, 0.1) is 6.92 Å². The summed E-state index contributed by atoms with van der Waals surface area (Å²) in [6.45, 7) is 2.09. The molecule has 0 atom stereocenters. The van der Waals surface area contributed by atoms with E-state index in [0.717, 1.165) is 37.1 Å². The molecule has 0 aliphatic carbocycles. The molecule has 1 amide bonds. The van der Waals surface area contributed by atoms with Crippen LogP contribution in [0.25, 0.3) is 10.9 Å². The maximum Gasteiger partial charge on any atom is 0.242 e. The van der Waals surface area contributed by atoms with Crippen LogP contribution in [0.4, 0.5) is 11.4 Å². The van der Waals surface area contributed by atoms with Gasteiger partial charge in [-0.2, -0.15) is 0 Å². The zero-order valence-electron chi connectivity index (χ0n) is 15.8. The first-order valence-electron chi connectivity index (χ1n) is 9.39. The van der Waals surface area contributed by atoms with Gasteiger partial charge in [-0.05, 0) is 48.9 Å². The lowest BCUT2D eigenvalue weighted by atomic mass is 10.1. The first-order chi connectivity index (χ1) is 14.2. The van der Waals surface area contributed by atoms with Crippen LogP contribution in [-0.2, 0) is 4.79 Å². The van der Waals surface area contributed by atoms with E-state index in [4.69, 9.17) is 4.98 Å². The Bertz CT molecular complexity index is 1190. The number of anilines is 2. The Kier molecular flexibility index (Phi) is 4.78. The third-order valence-electron chi connectivity index (χ3n) is 4.92. The van der Waals surface area contributed by atoms with Crippen LogP contribution in [-0.4, -0.2) is 16.6 Å². The van der Waals surface area contributed by atoms with E-state index >= 15 is 0 Å². The van der Waals surface area contributed by atoms with Crippen molar-refractivity contribution in [2.75, 3.05) is 10.7 Å². The number of amides is 1. The molecule has 5 heteroatoms. The van der Waals surface area contributed by atoms with Gasteiger partial charge < -0.3 is 0 Å². The molecule has 0 bridgehead atoms. The van der Waals surface area contributed by atoms with E-state index in [1.807, 2.05) is 59.5 Å². The van der Waals surface area contributed by atoms with E-state index in [1.54, 1.807) is 11.8 Å². The highest BCUT2D eigenvalue weighted by Gasteiger charge is 2.27. The standard InChI is InChI=1S/C24H18N2OS2/c1-16-14-23(25-18-9-3-2-8-17(16)18)28-15-24(27)26-19-10-4-6-12-21(19)29-22-13-7-5-11-20(22)26/h2-14H,15H2,1H3. The molecule has 0 saturated heterocycles. The number of pyridine rings is 1. The molecule has 1 aromatic heterocycles. The number of rotatable bonds is 3. The Labute approximate surface area is 178 Å². The van der Waals surface area contributed by atoms with E-state index in [9.17, 15) is 4.79 Å². The molecule has 29 heavy (non-hydrogen) atoms. The molecule has 3 nitrogen and oxygen atoms in total. The summed E-state index contributed by atoms with van der Waals surface area (Å²) in [5.41, 5.74) is 4.04. The van der Waals surface area contributed by atoms with E-state index in [2.05, 4.69) is 31.2 Å². The van der Waals surface area contributed by atoms with Gasteiger partial charge in [-0.3, -0.25) is 9.69 Å². The first kappa shape index (κ1) is 18.3. The summed E-state index contributed by atoms with van der Waals surface area (Å²) in [6.07, 6.45) is 0. The predicted octanol–water partition coefficient (Wildman–Crippen LogP) is 6.46. The lowest BCUT2D eigenvalue weighted by Gasteiger charge is -2.31. The van der Waals surface area contributed by atoms with Crippen molar-refractivity contribution in [3.63, 3.8) is 0 Å². The molecule has 3 aromatic carbocycles. The first-order valence-corrected chi connectivity index (χ1v) is 11.2. The number of benzene rings is 3. The van der Waals surface area contributed by atoms with Crippen LogP contribution in [0.1, 0.15) is 5.56 Å². The Balaban J connectivity index is 1.45. The highest BCUT2D eigenvalue weighted by atomic mass is 32.2. The summed E-state index contributed by atoms with van der Waals surface area (Å²) in [6, 6.07) is 26.3. The van der Waals surface area contributed by atoms with Gasteiger partial charge in [0.1, 0.15) is 0 Å². The third kappa shape index (κ3) is 3.41. The second-order valence-electron chi connectivity index (χ2n) is 6.85. The zero-order chi connectivity index (χ0) is 19.8. The SMILES string of the molecule is Cc1cc(SCC(=O)N2c3ccccc3Sc3ccccc32)nc2ccccc12. The second kappa shape index (κ2) is 7.58. The van der Waals surface area contributed by atoms with E-state index in [1.165, 1.54) is 17.3 Å². The summed E-state index contributed by atoms with van der Waals surface area (Å²) < 4.78 is 0. The smallest absolute Gasteiger partial charge is 0.242 e. The highest BCUT2D eigenvalue weighted by Crippen LogP contribution is 2.48. The van der Waals surface area contributed by atoms with Crippen LogP contribution in [0.2, 0.25) is 0 Å². The summed E-state index contributed by atoms with van der Waals surface area (Å²) in [5.74, 6) is 0.390. The van der Waals surface area contributed by atoms with Gasteiger partial charge in [0.25, 0.3) is 0 Å². The lowest BCUT2D eigenvalue weighted by molar-refractivity contribution is -0.115. The molecule has 0 fully saturated rings. The summed E-state index contributed by atoms with van der Waals surface area (Å²) in [4.78, 5) is 22.1. The molecule has 0 N–H and O–H groups in total. The number of fused-ring (bicyclic) bond motifs is 3. The van der Waals surface area contributed by atoms with Gasteiger partial charge >= 0.3 is 0 Å². The molecular formula is C24H18N2OS2. The molecule has 5 rings (SSSR count). The van der Waals surface area contributed by atoms with Gasteiger partial charge in [0.05, 0.1) is 27.7 Å². The number of carbonyl (C=O) groups is 1. The Morgan fingerprint density at radius 2 is 1.55 bits per heavy atom. The number of aryl methyl sites for hydroxylation is 1. The molecule has 0 unspecified atom stereocenters. The van der Waals surface area contributed by atoms with Gasteiger partial charge in [0, 0.05) is 15.2 Å². The number of aromatic nitrogens is 1. The Morgan fingerprint density at radius 3 is 2.28 bits per heavy atom. The summed E-state index contributed by atoms with van der Waals surface area (Å²) >= 11 is 3.20. The molecule has 2 heterocycles. The number of thioether (sulfide) groups is 1. The number of hydrogen-bond acceptors (Lipinski definition) is 4. The monoisotopic (exact) mass is 414 g/mol. The molecule has 4 aromatic rings. The van der Waals surface area contributed by atoms with Gasteiger partial charge in [0.2, 0.25) is 5.91 Å². The zero-order valence-corrected chi connectivity index (χ0v) is 17.5. The summed E-state index contributed by atoms with van der Waals surface area (Å²) in [7, 11) is 0. The number of nitrogens with zero attached hydrogens (tertiary/aromatic N) is 2. The molecule has 142 valence electrons. The fraction of sp³-hybridized carbons (Fsp3) is 0.0833. The third-order valence-corrected chi connectivity index (χ3v) is 6.95. The topological polar surface area (TPSA) is 33.2 Å². The minimum absolute atomic E-state index is 0.0582. The molecule has 1 aliphatic rings. The van der Waals surface area contributed by atoms with Crippen LogP contribution in [0.15, 0.2) is 93.7 Å². The van der Waals surface area contributed by atoms with Crippen molar-refractivity contribution in [1.29, 1.82) is 0 Å². The maximum absolute atomic E-state index is 13.3. The van der Waals surface area contributed by atoms with Crippen LogP contribution < -0.4 is 4.90 Å². The highest BCUT2D eigenvalue weighted by molar-refractivity contribution is 8.00.